The quantitative estimate of drug-likeness (QED) is 0.189. The summed E-state index contributed by atoms with van der Waals surface area (Å²) in [6.07, 6.45) is 0. The Hall–Kier alpha value is -5.57. The van der Waals surface area contributed by atoms with Crippen molar-refractivity contribution < 1.29 is 8.83 Å². The van der Waals surface area contributed by atoms with E-state index in [4.69, 9.17) is 20.4 Å². The smallest absolute Gasteiger partial charge is 0.143 e. The summed E-state index contributed by atoms with van der Waals surface area (Å²) < 4.78 is 13.0. The maximum absolute atomic E-state index is 6.77. The molecular weight excluding hydrogens is 572 g/mol. The van der Waals surface area contributed by atoms with Crippen LogP contribution in [0.5, 0.6) is 0 Å². The highest BCUT2D eigenvalue weighted by atomic mass is 35.5. The fourth-order valence-corrected chi connectivity index (χ4v) is 7.55. The minimum Gasteiger partial charge on any atom is -0.456 e. The van der Waals surface area contributed by atoms with Gasteiger partial charge >= 0.3 is 0 Å². The average molecular weight is 595 g/mol. The molecule has 0 fully saturated rings. The standard InChI is InChI=1S/C42H23ClO2/c43-25-17-19-34-36(23-25)32-13-7-12-26(24-16-18-30-28-9-3-5-14-37(28)44-39(30)22-24)40(32)31-11-2-1-8-27(31)33-20-21-35-29-10-4-6-15-38(29)45-42(35)41(33)34/h1-23H. The fraction of sp³-hybridized carbons (Fsp3) is 0. The van der Waals surface area contributed by atoms with Crippen molar-refractivity contribution in [3.05, 3.63) is 145 Å². The van der Waals surface area contributed by atoms with E-state index in [0.717, 1.165) is 93.9 Å². The van der Waals surface area contributed by atoms with Crippen molar-refractivity contribution in [3.63, 3.8) is 0 Å². The van der Waals surface area contributed by atoms with E-state index in [-0.39, 0.29) is 0 Å². The van der Waals surface area contributed by atoms with Crippen LogP contribution >= 0.6 is 11.6 Å². The zero-order valence-corrected chi connectivity index (χ0v) is 24.7. The molecule has 2 heterocycles. The van der Waals surface area contributed by atoms with Crippen molar-refractivity contribution in [3.8, 4) is 55.6 Å². The molecule has 0 spiro atoms. The molecule has 0 atom stereocenters. The van der Waals surface area contributed by atoms with Crippen molar-refractivity contribution in [2.45, 2.75) is 0 Å². The van der Waals surface area contributed by atoms with Gasteiger partial charge in [-0.05, 0) is 92.5 Å². The van der Waals surface area contributed by atoms with Gasteiger partial charge in [0.1, 0.15) is 22.3 Å². The third kappa shape index (κ3) is 3.52. The molecule has 2 aromatic heterocycles. The third-order valence-corrected chi connectivity index (χ3v) is 9.56. The van der Waals surface area contributed by atoms with Crippen LogP contribution < -0.4 is 0 Å². The summed E-state index contributed by atoms with van der Waals surface area (Å²) in [6.45, 7) is 0. The van der Waals surface area contributed by atoms with Crippen molar-refractivity contribution in [2.24, 2.45) is 0 Å². The Morgan fingerprint density at radius 3 is 1.82 bits per heavy atom. The summed E-state index contributed by atoms with van der Waals surface area (Å²) >= 11 is 6.77. The summed E-state index contributed by atoms with van der Waals surface area (Å²) in [4.78, 5) is 0. The molecule has 45 heavy (non-hydrogen) atoms. The SMILES string of the molecule is Clc1ccc2c(c1)-c1cccc(-c3ccc4c(c3)oc3ccccc34)c1-c1ccccc1-c1ccc3c(oc4ccccc43)c1-2. The highest BCUT2D eigenvalue weighted by Gasteiger charge is 2.27. The zero-order valence-electron chi connectivity index (χ0n) is 24.0. The lowest BCUT2D eigenvalue weighted by Gasteiger charge is -2.25. The second-order valence-corrected chi connectivity index (χ2v) is 12.2. The molecule has 210 valence electrons. The van der Waals surface area contributed by atoms with E-state index in [0.29, 0.717) is 5.02 Å². The fourth-order valence-electron chi connectivity index (χ4n) is 7.37. The number of fused-ring (bicyclic) bond motifs is 15. The van der Waals surface area contributed by atoms with Crippen LogP contribution in [0, 0.1) is 0 Å². The number of hydrogen-bond donors (Lipinski definition) is 0. The Balaban J connectivity index is 1.33. The number of furan rings is 2. The molecule has 0 N–H and O–H groups in total. The molecule has 1 aliphatic carbocycles. The summed E-state index contributed by atoms with van der Waals surface area (Å²) in [5.74, 6) is 0. The minimum absolute atomic E-state index is 0.695. The summed E-state index contributed by atoms with van der Waals surface area (Å²) in [5, 5.41) is 5.17. The third-order valence-electron chi connectivity index (χ3n) is 9.33. The predicted molar refractivity (Wildman–Crippen MR) is 187 cm³/mol. The number of rotatable bonds is 1. The van der Waals surface area contributed by atoms with Crippen molar-refractivity contribution >= 4 is 55.5 Å². The molecule has 9 aromatic rings. The van der Waals surface area contributed by atoms with Crippen LogP contribution in [0.2, 0.25) is 5.02 Å². The molecule has 7 aromatic carbocycles. The molecule has 0 radical (unpaired) electrons. The minimum atomic E-state index is 0.695. The summed E-state index contributed by atoms with van der Waals surface area (Å²) in [6, 6.07) is 49.0. The van der Waals surface area contributed by atoms with Crippen LogP contribution in [0.25, 0.3) is 99.5 Å². The van der Waals surface area contributed by atoms with Crippen LogP contribution in [-0.4, -0.2) is 0 Å². The van der Waals surface area contributed by atoms with Gasteiger partial charge in [-0.25, -0.2) is 0 Å². The molecule has 0 saturated heterocycles. The number of hydrogen-bond acceptors (Lipinski definition) is 2. The van der Waals surface area contributed by atoms with Crippen LogP contribution in [0.3, 0.4) is 0 Å². The van der Waals surface area contributed by atoms with Crippen LogP contribution in [-0.2, 0) is 0 Å². The first-order valence-corrected chi connectivity index (χ1v) is 15.5. The molecule has 0 amide bonds. The van der Waals surface area contributed by atoms with Crippen LogP contribution in [0.4, 0.5) is 0 Å². The van der Waals surface area contributed by atoms with E-state index in [1.54, 1.807) is 0 Å². The summed E-state index contributed by atoms with van der Waals surface area (Å²) in [5.41, 5.74) is 14.8. The van der Waals surface area contributed by atoms with Gasteiger partial charge in [0.05, 0.1) is 0 Å². The van der Waals surface area contributed by atoms with Crippen molar-refractivity contribution in [2.75, 3.05) is 0 Å². The second-order valence-electron chi connectivity index (χ2n) is 11.7. The monoisotopic (exact) mass is 594 g/mol. The average Bonchev–Trinajstić information content (AvgIpc) is 3.65. The van der Waals surface area contributed by atoms with E-state index in [2.05, 4.69) is 109 Å². The first kappa shape index (κ1) is 24.8. The zero-order chi connectivity index (χ0) is 29.6. The molecule has 0 unspecified atom stereocenters. The molecule has 2 nitrogen and oxygen atoms in total. The van der Waals surface area contributed by atoms with E-state index >= 15 is 0 Å². The van der Waals surface area contributed by atoms with E-state index in [1.165, 1.54) is 5.56 Å². The Labute approximate surface area is 263 Å². The highest BCUT2D eigenvalue weighted by molar-refractivity contribution is 6.31. The molecular formula is C42H23ClO2. The first-order chi connectivity index (χ1) is 22.2. The first-order valence-electron chi connectivity index (χ1n) is 15.1. The number of para-hydroxylation sites is 2. The lowest BCUT2D eigenvalue weighted by Crippen LogP contribution is -1.99. The Kier molecular flexibility index (Phi) is 5.09. The normalized spacial score (nSPS) is 12.1. The van der Waals surface area contributed by atoms with Crippen molar-refractivity contribution in [1.29, 1.82) is 0 Å². The number of halogens is 1. The van der Waals surface area contributed by atoms with Gasteiger partial charge in [0.25, 0.3) is 0 Å². The van der Waals surface area contributed by atoms with E-state index in [9.17, 15) is 0 Å². The Morgan fingerprint density at radius 1 is 0.356 bits per heavy atom. The molecule has 0 bridgehead atoms. The Bertz CT molecular complexity index is 2670. The number of benzene rings is 7. The van der Waals surface area contributed by atoms with Crippen molar-refractivity contribution in [1.82, 2.24) is 0 Å². The molecule has 10 rings (SSSR count). The van der Waals surface area contributed by atoms with Gasteiger partial charge in [-0.1, -0.05) is 109 Å². The van der Waals surface area contributed by atoms with E-state index < -0.39 is 0 Å². The summed E-state index contributed by atoms with van der Waals surface area (Å²) in [7, 11) is 0. The predicted octanol–water partition coefficient (Wildman–Crippen LogP) is 12.8. The molecule has 0 aliphatic heterocycles. The van der Waals surface area contributed by atoms with Gasteiger partial charge in [0, 0.05) is 32.1 Å². The largest absolute Gasteiger partial charge is 0.456 e. The van der Waals surface area contributed by atoms with Gasteiger partial charge in [-0.15, -0.1) is 0 Å². The van der Waals surface area contributed by atoms with Gasteiger partial charge in [0.15, 0.2) is 0 Å². The second kappa shape index (κ2) is 9.22. The van der Waals surface area contributed by atoms with Gasteiger partial charge in [-0.3, -0.25) is 0 Å². The van der Waals surface area contributed by atoms with Gasteiger partial charge < -0.3 is 8.83 Å². The Morgan fingerprint density at radius 2 is 0.956 bits per heavy atom. The molecule has 1 aliphatic rings. The van der Waals surface area contributed by atoms with Gasteiger partial charge in [-0.2, -0.15) is 0 Å². The highest BCUT2D eigenvalue weighted by Crippen LogP contribution is 2.53. The lowest BCUT2D eigenvalue weighted by atomic mass is 9.78. The molecule has 3 heteroatoms. The van der Waals surface area contributed by atoms with Gasteiger partial charge in [0.2, 0.25) is 0 Å². The lowest BCUT2D eigenvalue weighted by molar-refractivity contribution is 0.669. The maximum atomic E-state index is 6.77. The van der Waals surface area contributed by atoms with Crippen LogP contribution in [0.15, 0.2) is 148 Å². The van der Waals surface area contributed by atoms with Crippen LogP contribution in [0.1, 0.15) is 0 Å². The molecule has 0 saturated carbocycles. The maximum Gasteiger partial charge on any atom is 0.143 e. The topological polar surface area (TPSA) is 26.3 Å². The van der Waals surface area contributed by atoms with E-state index in [1.807, 2.05) is 30.3 Å².